The van der Waals surface area contributed by atoms with Crippen LogP contribution in [0.4, 0.5) is 0 Å². The molecule has 0 aliphatic carbocycles. The van der Waals surface area contributed by atoms with Gasteiger partial charge in [0, 0.05) is 17.3 Å². The van der Waals surface area contributed by atoms with Gasteiger partial charge in [-0.15, -0.1) is 18.3 Å². The van der Waals surface area contributed by atoms with Crippen LogP contribution in [0.1, 0.15) is 19.4 Å². The van der Waals surface area contributed by atoms with Crippen LogP contribution in [0.2, 0.25) is 0 Å². The molecule has 4 N–H and O–H groups in total. The van der Waals surface area contributed by atoms with Crippen LogP contribution < -0.4 is 11.1 Å². The lowest BCUT2D eigenvalue weighted by molar-refractivity contribution is -0.146. The minimum atomic E-state index is -1.36. The van der Waals surface area contributed by atoms with Gasteiger partial charge in [-0.1, -0.05) is 36.4 Å². The van der Waals surface area contributed by atoms with Crippen LogP contribution in [0, 0.1) is 0 Å². The van der Waals surface area contributed by atoms with Gasteiger partial charge in [-0.3, -0.25) is 9.59 Å². The standard InChI is InChI=1S/C19H27N3O3S/c1-4-10-21-17(24)16-19(2,3)26-12-22(16)18(25)15(23)14(20)11-13-8-6-5-7-9-13/h4-9,14-16,23H,1,10-12,20H2,2-3H3,(H,21,24)/t14-,15-,16+/m0/s1. The van der Waals surface area contributed by atoms with E-state index in [9.17, 15) is 14.7 Å². The normalized spacial score (nSPS) is 21.1. The van der Waals surface area contributed by atoms with Gasteiger partial charge in [-0.25, -0.2) is 0 Å². The first-order valence-electron chi connectivity index (χ1n) is 8.58. The van der Waals surface area contributed by atoms with Crippen LogP contribution in [0.25, 0.3) is 0 Å². The van der Waals surface area contributed by atoms with E-state index in [0.717, 1.165) is 5.56 Å². The fraction of sp³-hybridized carbons (Fsp3) is 0.474. The van der Waals surface area contributed by atoms with E-state index in [0.29, 0.717) is 18.8 Å². The summed E-state index contributed by atoms with van der Waals surface area (Å²) < 4.78 is -0.454. The van der Waals surface area contributed by atoms with Crippen molar-refractivity contribution in [1.82, 2.24) is 10.2 Å². The van der Waals surface area contributed by atoms with Crippen molar-refractivity contribution in [2.45, 2.75) is 43.2 Å². The van der Waals surface area contributed by atoms with Crippen LogP contribution in [-0.2, 0) is 16.0 Å². The Morgan fingerprint density at radius 3 is 2.73 bits per heavy atom. The smallest absolute Gasteiger partial charge is 0.254 e. The number of nitrogens with one attached hydrogen (secondary N) is 1. The Bertz CT molecular complexity index is 651. The molecule has 26 heavy (non-hydrogen) atoms. The molecule has 1 aromatic carbocycles. The lowest BCUT2D eigenvalue weighted by Crippen LogP contribution is -2.57. The number of aliphatic hydroxyl groups is 1. The maximum atomic E-state index is 12.8. The van der Waals surface area contributed by atoms with Crippen molar-refractivity contribution in [2.75, 3.05) is 12.4 Å². The molecule has 0 saturated carbocycles. The molecule has 1 aliphatic rings. The number of rotatable bonds is 7. The predicted molar refractivity (Wildman–Crippen MR) is 105 cm³/mol. The summed E-state index contributed by atoms with van der Waals surface area (Å²) in [6.45, 7) is 7.74. The average Bonchev–Trinajstić information content (AvgIpc) is 2.94. The second kappa shape index (κ2) is 8.70. The van der Waals surface area contributed by atoms with E-state index in [2.05, 4.69) is 11.9 Å². The number of carbonyl (C=O) groups is 2. The number of nitrogens with zero attached hydrogens (tertiary/aromatic N) is 1. The van der Waals surface area contributed by atoms with Crippen LogP contribution in [0.15, 0.2) is 43.0 Å². The van der Waals surface area contributed by atoms with Gasteiger partial charge in [0.15, 0.2) is 0 Å². The average molecular weight is 378 g/mol. The Morgan fingerprint density at radius 1 is 1.46 bits per heavy atom. The van der Waals surface area contributed by atoms with Crippen LogP contribution in [0.5, 0.6) is 0 Å². The summed E-state index contributed by atoms with van der Waals surface area (Å²) in [4.78, 5) is 26.8. The van der Waals surface area contributed by atoms with Crippen molar-refractivity contribution < 1.29 is 14.7 Å². The van der Waals surface area contributed by atoms with Crippen LogP contribution in [-0.4, -0.2) is 57.2 Å². The van der Waals surface area contributed by atoms with Crippen LogP contribution in [0.3, 0.4) is 0 Å². The summed E-state index contributed by atoms with van der Waals surface area (Å²) in [6.07, 6.45) is 0.606. The lowest BCUT2D eigenvalue weighted by atomic mass is 9.98. The van der Waals surface area contributed by atoms with E-state index in [1.54, 1.807) is 6.08 Å². The van der Waals surface area contributed by atoms with Gasteiger partial charge in [0.25, 0.3) is 5.91 Å². The number of nitrogens with two attached hydrogens (primary N) is 1. The monoisotopic (exact) mass is 377 g/mol. The third kappa shape index (κ3) is 4.66. The molecule has 1 aromatic rings. The van der Waals surface area contributed by atoms with E-state index in [4.69, 9.17) is 5.73 Å². The molecule has 3 atom stereocenters. The second-order valence-corrected chi connectivity index (χ2v) is 8.52. The molecular weight excluding hydrogens is 350 g/mol. The van der Waals surface area contributed by atoms with Crippen molar-refractivity contribution in [2.24, 2.45) is 5.73 Å². The number of aliphatic hydroxyl groups excluding tert-OH is 1. The summed E-state index contributed by atoms with van der Waals surface area (Å²) in [5.74, 6) is -0.421. The van der Waals surface area contributed by atoms with Gasteiger partial charge in [0.2, 0.25) is 5.91 Å². The number of benzene rings is 1. The minimum Gasteiger partial charge on any atom is -0.382 e. The first-order valence-corrected chi connectivity index (χ1v) is 9.57. The third-order valence-corrected chi connectivity index (χ3v) is 5.85. The molecule has 1 heterocycles. The molecule has 0 unspecified atom stereocenters. The molecule has 6 nitrogen and oxygen atoms in total. The van der Waals surface area contributed by atoms with E-state index in [1.165, 1.54) is 16.7 Å². The fourth-order valence-electron chi connectivity index (χ4n) is 3.03. The van der Waals surface area contributed by atoms with Crippen LogP contribution >= 0.6 is 11.8 Å². The highest BCUT2D eigenvalue weighted by Crippen LogP contribution is 2.39. The number of hydrogen-bond donors (Lipinski definition) is 3. The second-order valence-electron chi connectivity index (χ2n) is 6.92. The Balaban J connectivity index is 2.10. The first kappa shape index (κ1) is 20.5. The van der Waals surface area contributed by atoms with E-state index in [-0.39, 0.29) is 5.91 Å². The molecule has 142 valence electrons. The number of thioether (sulfide) groups is 1. The summed E-state index contributed by atoms with van der Waals surface area (Å²) in [7, 11) is 0. The Morgan fingerprint density at radius 2 is 2.12 bits per heavy atom. The first-order chi connectivity index (χ1) is 12.3. The van der Waals surface area contributed by atoms with Crippen molar-refractivity contribution in [1.29, 1.82) is 0 Å². The molecule has 2 amide bonds. The fourth-order valence-corrected chi connectivity index (χ4v) is 4.17. The molecule has 1 fully saturated rings. The van der Waals surface area contributed by atoms with Gasteiger partial charge in [0.1, 0.15) is 12.1 Å². The zero-order chi connectivity index (χ0) is 19.3. The van der Waals surface area contributed by atoms with Gasteiger partial charge in [-0.05, 0) is 25.8 Å². The number of amides is 2. The highest BCUT2D eigenvalue weighted by Gasteiger charge is 2.49. The molecule has 7 heteroatoms. The summed E-state index contributed by atoms with van der Waals surface area (Å²) in [5.41, 5.74) is 7.02. The summed E-state index contributed by atoms with van der Waals surface area (Å²) in [6, 6.07) is 8.06. The van der Waals surface area contributed by atoms with E-state index >= 15 is 0 Å². The van der Waals surface area contributed by atoms with Gasteiger partial charge in [0.05, 0.1) is 5.88 Å². The van der Waals surface area contributed by atoms with E-state index in [1.807, 2.05) is 44.2 Å². The van der Waals surface area contributed by atoms with Gasteiger partial charge >= 0.3 is 0 Å². The SMILES string of the molecule is C=CCNC(=O)[C@H]1N(C(=O)[C@@H](O)[C@@H](N)Cc2ccccc2)CSC1(C)C. The molecule has 1 aliphatic heterocycles. The highest BCUT2D eigenvalue weighted by molar-refractivity contribution is 8.00. The lowest BCUT2D eigenvalue weighted by Gasteiger charge is -2.32. The minimum absolute atomic E-state index is 0.253. The Hall–Kier alpha value is -1.83. The molecule has 0 radical (unpaired) electrons. The third-order valence-electron chi connectivity index (χ3n) is 4.47. The van der Waals surface area contributed by atoms with E-state index < -0.39 is 28.8 Å². The molecule has 0 spiro atoms. The summed E-state index contributed by atoms with van der Waals surface area (Å²) >= 11 is 1.51. The molecule has 2 rings (SSSR count). The zero-order valence-electron chi connectivity index (χ0n) is 15.2. The summed E-state index contributed by atoms with van der Waals surface area (Å²) in [5, 5.41) is 13.2. The number of hydrogen-bond acceptors (Lipinski definition) is 5. The van der Waals surface area contributed by atoms with Crippen molar-refractivity contribution in [3.8, 4) is 0 Å². The topological polar surface area (TPSA) is 95.7 Å². The molecule has 1 saturated heterocycles. The quantitative estimate of drug-likeness (QED) is 0.614. The molecule has 0 aromatic heterocycles. The van der Waals surface area contributed by atoms with Gasteiger partial charge < -0.3 is 21.1 Å². The Labute approximate surface area is 158 Å². The van der Waals surface area contributed by atoms with Crippen molar-refractivity contribution in [3.05, 3.63) is 48.6 Å². The molecular formula is C19H27N3O3S. The zero-order valence-corrected chi connectivity index (χ0v) is 16.0. The van der Waals surface area contributed by atoms with Crippen molar-refractivity contribution in [3.63, 3.8) is 0 Å². The predicted octanol–water partition coefficient (Wildman–Crippen LogP) is 0.900. The number of carbonyl (C=O) groups excluding carboxylic acids is 2. The Kier molecular flexibility index (Phi) is 6.86. The van der Waals surface area contributed by atoms with Crippen molar-refractivity contribution >= 4 is 23.6 Å². The van der Waals surface area contributed by atoms with Gasteiger partial charge in [-0.2, -0.15) is 0 Å². The largest absolute Gasteiger partial charge is 0.382 e. The highest BCUT2D eigenvalue weighted by atomic mass is 32.2. The maximum Gasteiger partial charge on any atom is 0.254 e. The molecule has 0 bridgehead atoms. The maximum absolute atomic E-state index is 12.8.